The Hall–Kier alpha value is -1.63. The van der Waals surface area contributed by atoms with Gasteiger partial charge in [0.1, 0.15) is 5.00 Å². The topological polar surface area (TPSA) is 50.4 Å². The van der Waals surface area contributed by atoms with Gasteiger partial charge in [-0.1, -0.05) is 11.6 Å². The highest BCUT2D eigenvalue weighted by atomic mass is 35.5. The van der Waals surface area contributed by atoms with E-state index < -0.39 is 0 Å². The van der Waals surface area contributed by atoms with Crippen molar-refractivity contribution in [3.8, 4) is 0 Å². The number of ether oxygens (including phenoxy) is 1. The van der Waals surface area contributed by atoms with Crippen molar-refractivity contribution in [1.29, 1.82) is 0 Å². The Bertz CT molecular complexity index is 711. The van der Waals surface area contributed by atoms with E-state index in [1.807, 2.05) is 26.0 Å². The molecule has 0 fully saturated rings. The molecule has 2 aromatic rings. The molecule has 0 aliphatic carbocycles. The van der Waals surface area contributed by atoms with Gasteiger partial charge in [-0.2, -0.15) is 0 Å². The number of thiocarbonyl (C=S) groups is 1. The lowest BCUT2D eigenvalue weighted by molar-refractivity contribution is 0.0601. The quantitative estimate of drug-likeness (QED) is 0.622. The van der Waals surface area contributed by atoms with Crippen molar-refractivity contribution in [2.75, 3.05) is 17.7 Å². The second-order valence-corrected chi connectivity index (χ2v) is 6.63. The van der Waals surface area contributed by atoms with Crippen molar-refractivity contribution in [3.05, 3.63) is 45.3 Å². The van der Waals surface area contributed by atoms with Crippen LogP contribution in [0.25, 0.3) is 0 Å². The molecule has 7 heteroatoms. The fourth-order valence-electron chi connectivity index (χ4n) is 1.86. The number of thiophene rings is 1. The molecule has 0 aliphatic heterocycles. The van der Waals surface area contributed by atoms with E-state index in [1.54, 1.807) is 12.1 Å². The van der Waals surface area contributed by atoms with Crippen LogP contribution >= 0.6 is 35.2 Å². The fourth-order valence-corrected chi connectivity index (χ4v) is 3.32. The van der Waals surface area contributed by atoms with Gasteiger partial charge in [-0.15, -0.1) is 11.3 Å². The summed E-state index contributed by atoms with van der Waals surface area (Å²) in [7, 11) is 1.36. The molecule has 0 bridgehead atoms. The normalized spacial score (nSPS) is 10.2. The molecule has 0 spiro atoms. The first kappa shape index (κ1) is 16.7. The maximum absolute atomic E-state index is 11.9. The second-order valence-electron chi connectivity index (χ2n) is 4.56. The third kappa shape index (κ3) is 3.76. The molecule has 116 valence electrons. The molecule has 1 heterocycles. The van der Waals surface area contributed by atoms with Crippen molar-refractivity contribution in [3.63, 3.8) is 0 Å². The number of benzene rings is 1. The molecule has 1 aromatic heterocycles. The van der Waals surface area contributed by atoms with Gasteiger partial charge in [-0.3, -0.25) is 0 Å². The van der Waals surface area contributed by atoms with Crippen LogP contribution in [0.3, 0.4) is 0 Å². The van der Waals surface area contributed by atoms with Gasteiger partial charge in [-0.25, -0.2) is 4.79 Å². The zero-order chi connectivity index (χ0) is 16.3. The molecule has 4 nitrogen and oxygen atoms in total. The number of rotatable bonds is 3. The van der Waals surface area contributed by atoms with Gasteiger partial charge in [-0.05, 0) is 55.9 Å². The predicted octanol–water partition coefficient (Wildman–Crippen LogP) is 4.61. The first-order chi connectivity index (χ1) is 10.4. The molecule has 2 rings (SSSR count). The number of aryl methyl sites for hydroxylation is 1. The number of nitrogens with one attached hydrogen (secondary N) is 2. The average molecular weight is 355 g/mol. The van der Waals surface area contributed by atoms with Crippen LogP contribution in [-0.4, -0.2) is 18.2 Å². The van der Waals surface area contributed by atoms with Gasteiger partial charge in [0, 0.05) is 15.6 Å². The Morgan fingerprint density at radius 2 is 1.86 bits per heavy atom. The molecule has 0 aliphatic rings. The Labute approximate surface area is 143 Å². The van der Waals surface area contributed by atoms with Crippen molar-refractivity contribution >= 4 is 56.9 Å². The molecule has 0 atom stereocenters. The maximum Gasteiger partial charge on any atom is 0.341 e. The molecule has 1 aromatic carbocycles. The minimum absolute atomic E-state index is 0.376. The van der Waals surface area contributed by atoms with Crippen LogP contribution in [0.15, 0.2) is 24.3 Å². The van der Waals surface area contributed by atoms with Gasteiger partial charge in [0.2, 0.25) is 0 Å². The summed E-state index contributed by atoms with van der Waals surface area (Å²) in [6, 6.07) is 7.18. The van der Waals surface area contributed by atoms with Gasteiger partial charge in [0.25, 0.3) is 0 Å². The van der Waals surface area contributed by atoms with E-state index in [0.29, 0.717) is 20.7 Å². The Kier molecular flexibility index (Phi) is 5.39. The number of methoxy groups -OCH3 is 1. The number of carbonyl (C=O) groups excluding carboxylic acids is 1. The van der Waals surface area contributed by atoms with Crippen LogP contribution in [0.1, 0.15) is 20.8 Å². The lowest BCUT2D eigenvalue weighted by atomic mass is 10.1. The lowest BCUT2D eigenvalue weighted by Crippen LogP contribution is -2.20. The summed E-state index contributed by atoms with van der Waals surface area (Å²) < 4.78 is 4.83. The standard InChI is InChI=1S/C15H15ClN2O2S2/c1-8-9(2)22-13(12(8)14(19)20-3)18-15(21)17-11-6-4-10(16)5-7-11/h4-7H,1-3H3,(H2,17,18,21). The summed E-state index contributed by atoms with van der Waals surface area (Å²) in [6.45, 7) is 3.84. The summed E-state index contributed by atoms with van der Waals surface area (Å²) in [5.41, 5.74) is 2.23. The van der Waals surface area contributed by atoms with Crippen molar-refractivity contribution < 1.29 is 9.53 Å². The summed E-state index contributed by atoms with van der Waals surface area (Å²) >= 11 is 12.6. The van der Waals surface area contributed by atoms with Crippen LogP contribution in [0.2, 0.25) is 5.02 Å². The SMILES string of the molecule is COC(=O)c1c(NC(=S)Nc2ccc(Cl)cc2)sc(C)c1C. The summed E-state index contributed by atoms with van der Waals surface area (Å²) in [5.74, 6) is -0.376. The molecule has 0 radical (unpaired) electrons. The number of esters is 1. The second kappa shape index (κ2) is 7.09. The highest BCUT2D eigenvalue weighted by Crippen LogP contribution is 2.33. The highest BCUT2D eigenvalue weighted by Gasteiger charge is 2.20. The van der Waals surface area contributed by atoms with E-state index >= 15 is 0 Å². The average Bonchev–Trinajstić information content (AvgIpc) is 2.75. The zero-order valence-corrected chi connectivity index (χ0v) is 14.7. The molecular formula is C15H15ClN2O2S2. The van der Waals surface area contributed by atoms with Crippen LogP contribution in [0.4, 0.5) is 10.7 Å². The summed E-state index contributed by atoms with van der Waals surface area (Å²) in [6.07, 6.45) is 0. The molecule has 2 N–H and O–H groups in total. The Morgan fingerprint density at radius 1 is 1.23 bits per heavy atom. The van der Waals surface area contributed by atoms with Crippen LogP contribution in [0.5, 0.6) is 0 Å². The van der Waals surface area contributed by atoms with E-state index in [0.717, 1.165) is 16.1 Å². The van der Waals surface area contributed by atoms with Gasteiger partial charge < -0.3 is 15.4 Å². The van der Waals surface area contributed by atoms with Gasteiger partial charge >= 0.3 is 5.97 Å². The monoisotopic (exact) mass is 354 g/mol. The van der Waals surface area contributed by atoms with Gasteiger partial charge in [0.15, 0.2) is 5.11 Å². The number of hydrogen-bond acceptors (Lipinski definition) is 4. The Balaban J connectivity index is 2.16. The van der Waals surface area contributed by atoms with Crippen LogP contribution in [0, 0.1) is 13.8 Å². The lowest BCUT2D eigenvalue weighted by Gasteiger charge is -2.10. The summed E-state index contributed by atoms with van der Waals surface area (Å²) in [4.78, 5) is 13.0. The van der Waals surface area contributed by atoms with Crippen LogP contribution < -0.4 is 10.6 Å². The van der Waals surface area contributed by atoms with E-state index in [1.165, 1.54) is 18.4 Å². The third-order valence-corrected chi connectivity index (χ3v) is 4.68. The van der Waals surface area contributed by atoms with Crippen molar-refractivity contribution in [1.82, 2.24) is 0 Å². The van der Waals surface area contributed by atoms with E-state index in [9.17, 15) is 4.79 Å². The molecular weight excluding hydrogens is 340 g/mol. The number of anilines is 2. The number of halogens is 1. The van der Waals surface area contributed by atoms with E-state index in [4.69, 9.17) is 28.6 Å². The Morgan fingerprint density at radius 3 is 2.45 bits per heavy atom. The van der Waals surface area contributed by atoms with Crippen molar-refractivity contribution in [2.24, 2.45) is 0 Å². The minimum Gasteiger partial charge on any atom is -0.465 e. The molecule has 22 heavy (non-hydrogen) atoms. The first-order valence-corrected chi connectivity index (χ1v) is 8.04. The third-order valence-electron chi connectivity index (χ3n) is 3.10. The summed E-state index contributed by atoms with van der Waals surface area (Å²) in [5, 5.41) is 7.83. The minimum atomic E-state index is -0.376. The zero-order valence-electron chi connectivity index (χ0n) is 12.3. The van der Waals surface area contributed by atoms with Gasteiger partial charge in [0.05, 0.1) is 12.7 Å². The molecule has 0 saturated heterocycles. The van der Waals surface area contributed by atoms with E-state index in [-0.39, 0.29) is 5.97 Å². The molecule has 0 unspecified atom stereocenters. The smallest absolute Gasteiger partial charge is 0.341 e. The number of carbonyl (C=O) groups is 1. The first-order valence-electron chi connectivity index (χ1n) is 6.44. The van der Waals surface area contributed by atoms with Crippen molar-refractivity contribution in [2.45, 2.75) is 13.8 Å². The number of hydrogen-bond donors (Lipinski definition) is 2. The molecule has 0 amide bonds. The fraction of sp³-hybridized carbons (Fsp3) is 0.200. The highest BCUT2D eigenvalue weighted by molar-refractivity contribution is 7.80. The molecule has 0 saturated carbocycles. The largest absolute Gasteiger partial charge is 0.465 e. The predicted molar refractivity (Wildman–Crippen MR) is 96.4 cm³/mol. The van der Waals surface area contributed by atoms with E-state index in [2.05, 4.69) is 10.6 Å². The van der Waals surface area contributed by atoms with Crippen LogP contribution in [-0.2, 0) is 4.74 Å². The maximum atomic E-state index is 11.9.